The molecule has 0 aliphatic carbocycles. The van der Waals surface area contributed by atoms with Crippen LogP contribution in [-0.2, 0) is 4.79 Å². The highest BCUT2D eigenvalue weighted by molar-refractivity contribution is 5.91. The predicted octanol–water partition coefficient (Wildman–Crippen LogP) is 3.79. The Morgan fingerprint density at radius 2 is 1.72 bits per heavy atom. The van der Waals surface area contributed by atoms with Crippen molar-refractivity contribution in [2.75, 3.05) is 0 Å². The molecule has 0 saturated heterocycles. The highest BCUT2D eigenvalue weighted by atomic mass is 16.4. The molecule has 25 heavy (non-hydrogen) atoms. The van der Waals surface area contributed by atoms with Crippen LogP contribution in [0, 0.1) is 0 Å². The van der Waals surface area contributed by atoms with E-state index in [2.05, 4.69) is 15.0 Å². The predicted molar refractivity (Wildman–Crippen MR) is 93.7 cm³/mol. The topological polar surface area (TPSA) is 89.1 Å². The third-order valence-electron chi connectivity index (χ3n) is 3.70. The Morgan fingerprint density at radius 1 is 1.00 bits per heavy atom. The number of fused-ring (bicyclic) bond motifs is 2. The third kappa shape index (κ3) is 3.10. The maximum absolute atomic E-state index is 11.3. The zero-order valence-electron chi connectivity index (χ0n) is 13.1. The van der Waals surface area contributed by atoms with Crippen LogP contribution in [0.25, 0.3) is 33.8 Å². The van der Waals surface area contributed by atoms with Crippen molar-refractivity contribution in [3.8, 4) is 0 Å². The summed E-state index contributed by atoms with van der Waals surface area (Å²) in [5.74, 6) is -0.694. The first-order valence-electron chi connectivity index (χ1n) is 7.69. The second kappa shape index (κ2) is 6.16. The van der Waals surface area contributed by atoms with E-state index in [9.17, 15) is 9.90 Å². The quantitative estimate of drug-likeness (QED) is 0.612. The van der Waals surface area contributed by atoms with E-state index in [0.29, 0.717) is 22.4 Å². The van der Waals surface area contributed by atoms with E-state index in [1.165, 1.54) is 0 Å². The van der Waals surface area contributed by atoms with E-state index in [1.54, 1.807) is 18.3 Å². The second-order valence-corrected chi connectivity index (χ2v) is 5.51. The molecule has 2 aromatic heterocycles. The number of rotatable bonds is 4. The summed E-state index contributed by atoms with van der Waals surface area (Å²) in [5.41, 5.74) is 3.80. The standard InChI is InChI=1S/C19H13N3O3/c23-18(24)10-12(19-22-16-7-3-4-8-17(16)25-19)9-13-11-20-14-5-1-2-6-15(14)21-13/h1-9,11H,10H2,(H,23,24)/b12-9+. The Labute approximate surface area is 142 Å². The lowest BCUT2D eigenvalue weighted by molar-refractivity contribution is -0.135. The minimum atomic E-state index is -0.970. The molecule has 0 unspecified atom stereocenters. The summed E-state index contributed by atoms with van der Waals surface area (Å²) in [7, 11) is 0. The van der Waals surface area contributed by atoms with Crippen LogP contribution >= 0.6 is 0 Å². The summed E-state index contributed by atoms with van der Waals surface area (Å²) >= 11 is 0. The molecular formula is C19H13N3O3. The zero-order chi connectivity index (χ0) is 17.2. The first-order chi connectivity index (χ1) is 12.2. The molecule has 4 rings (SSSR count). The van der Waals surface area contributed by atoms with Gasteiger partial charge in [-0.25, -0.2) is 9.97 Å². The smallest absolute Gasteiger partial charge is 0.308 e. The molecule has 0 saturated carbocycles. The Bertz CT molecular complexity index is 1080. The van der Waals surface area contributed by atoms with Gasteiger partial charge in [-0.3, -0.25) is 9.78 Å². The van der Waals surface area contributed by atoms with Crippen LogP contribution in [-0.4, -0.2) is 26.0 Å². The fourth-order valence-electron chi connectivity index (χ4n) is 2.58. The number of carbonyl (C=O) groups is 1. The van der Waals surface area contributed by atoms with Gasteiger partial charge in [0.05, 0.1) is 29.3 Å². The number of hydrogen-bond acceptors (Lipinski definition) is 5. The third-order valence-corrected chi connectivity index (χ3v) is 3.70. The van der Waals surface area contributed by atoms with E-state index in [4.69, 9.17) is 4.42 Å². The molecule has 122 valence electrons. The minimum absolute atomic E-state index is 0.221. The van der Waals surface area contributed by atoms with Gasteiger partial charge in [-0.05, 0) is 30.3 Å². The molecule has 0 fully saturated rings. The number of para-hydroxylation sites is 4. The average molecular weight is 331 g/mol. The summed E-state index contributed by atoms with van der Waals surface area (Å²) in [6.45, 7) is 0. The lowest BCUT2D eigenvalue weighted by Gasteiger charge is -2.02. The highest BCUT2D eigenvalue weighted by Crippen LogP contribution is 2.25. The van der Waals surface area contributed by atoms with Crippen LogP contribution in [0.2, 0.25) is 0 Å². The van der Waals surface area contributed by atoms with Gasteiger partial charge in [-0.15, -0.1) is 0 Å². The van der Waals surface area contributed by atoms with Crippen LogP contribution < -0.4 is 0 Å². The number of oxazole rings is 1. The Balaban J connectivity index is 1.81. The van der Waals surface area contributed by atoms with Gasteiger partial charge < -0.3 is 9.52 Å². The SMILES string of the molecule is O=C(O)C/C(=C\c1cnc2ccccc2n1)c1nc2ccccc2o1. The van der Waals surface area contributed by atoms with Crippen molar-refractivity contribution in [1.82, 2.24) is 15.0 Å². The first kappa shape index (κ1) is 15.0. The normalized spacial score (nSPS) is 11.9. The van der Waals surface area contributed by atoms with Gasteiger partial charge in [-0.1, -0.05) is 24.3 Å². The van der Waals surface area contributed by atoms with Crippen molar-refractivity contribution in [2.45, 2.75) is 6.42 Å². The number of nitrogens with zero attached hydrogens (tertiary/aromatic N) is 3. The molecule has 6 heteroatoms. The molecule has 2 heterocycles. The molecule has 0 amide bonds. The van der Waals surface area contributed by atoms with E-state index < -0.39 is 5.97 Å². The number of benzene rings is 2. The number of hydrogen-bond donors (Lipinski definition) is 1. The number of carboxylic acid groups (broad SMARTS) is 1. The molecule has 0 spiro atoms. The van der Waals surface area contributed by atoms with E-state index >= 15 is 0 Å². The van der Waals surface area contributed by atoms with Crippen LogP contribution in [0.1, 0.15) is 18.0 Å². The van der Waals surface area contributed by atoms with E-state index in [1.807, 2.05) is 42.5 Å². The molecule has 0 aliphatic rings. The van der Waals surface area contributed by atoms with Crippen LogP contribution in [0.5, 0.6) is 0 Å². The number of carboxylic acids is 1. The fraction of sp³-hybridized carbons (Fsp3) is 0.0526. The highest BCUT2D eigenvalue weighted by Gasteiger charge is 2.14. The second-order valence-electron chi connectivity index (χ2n) is 5.51. The average Bonchev–Trinajstić information content (AvgIpc) is 3.05. The van der Waals surface area contributed by atoms with Gasteiger partial charge >= 0.3 is 5.97 Å². The van der Waals surface area contributed by atoms with Gasteiger partial charge in [-0.2, -0.15) is 0 Å². The van der Waals surface area contributed by atoms with E-state index in [-0.39, 0.29) is 12.3 Å². The Hall–Kier alpha value is -3.54. The summed E-state index contributed by atoms with van der Waals surface area (Å²) in [4.78, 5) is 24.5. The van der Waals surface area contributed by atoms with Crippen molar-refractivity contribution in [2.24, 2.45) is 0 Å². The molecule has 0 aliphatic heterocycles. The molecular weight excluding hydrogens is 318 g/mol. The van der Waals surface area contributed by atoms with Gasteiger partial charge in [0, 0.05) is 5.57 Å². The lowest BCUT2D eigenvalue weighted by Crippen LogP contribution is -1.98. The monoisotopic (exact) mass is 331 g/mol. The Kier molecular flexibility index (Phi) is 3.70. The summed E-state index contributed by atoms with van der Waals surface area (Å²) < 4.78 is 5.70. The first-order valence-corrected chi connectivity index (χ1v) is 7.69. The minimum Gasteiger partial charge on any atom is -0.481 e. The molecule has 2 aromatic carbocycles. The maximum Gasteiger partial charge on any atom is 0.308 e. The van der Waals surface area contributed by atoms with Crippen molar-refractivity contribution < 1.29 is 14.3 Å². The molecule has 0 atom stereocenters. The Morgan fingerprint density at radius 3 is 2.48 bits per heavy atom. The van der Waals surface area contributed by atoms with Gasteiger partial charge in [0.15, 0.2) is 5.58 Å². The van der Waals surface area contributed by atoms with Crippen molar-refractivity contribution in [1.29, 1.82) is 0 Å². The molecule has 0 radical (unpaired) electrons. The fourth-order valence-corrected chi connectivity index (χ4v) is 2.58. The largest absolute Gasteiger partial charge is 0.481 e. The molecule has 0 bridgehead atoms. The van der Waals surface area contributed by atoms with Crippen molar-refractivity contribution in [3.63, 3.8) is 0 Å². The summed E-state index contributed by atoms with van der Waals surface area (Å²) in [6, 6.07) is 14.8. The van der Waals surface area contributed by atoms with Crippen LogP contribution in [0.3, 0.4) is 0 Å². The van der Waals surface area contributed by atoms with Crippen LogP contribution in [0.4, 0.5) is 0 Å². The zero-order valence-corrected chi connectivity index (χ0v) is 13.1. The van der Waals surface area contributed by atoms with Crippen molar-refractivity contribution >= 4 is 39.8 Å². The van der Waals surface area contributed by atoms with Gasteiger partial charge in [0.25, 0.3) is 0 Å². The van der Waals surface area contributed by atoms with Crippen molar-refractivity contribution in [3.05, 3.63) is 66.3 Å². The lowest BCUT2D eigenvalue weighted by atomic mass is 10.1. The molecule has 6 nitrogen and oxygen atoms in total. The number of aliphatic carboxylic acids is 1. The molecule has 1 N–H and O–H groups in total. The summed E-state index contributed by atoms with van der Waals surface area (Å²) in [5, 5.41) is 9.22. The summed E-state index contributed by atoms with van der Waals surface area (Å²) in [6.07, 6.45) is 3.03. The molecule has 4 aromatic rings. The maximum atomic E-state index is 11.3. The van der Waals surface area contributed by atoms with Gasteiger partial charge in [0.2, 0.25) is 5.89 Å². The van der Waals surface area contributed by atoms with Crippen LogP contribution in [0.15, 0.2) is 59.1 Å². The van der Waals surface area contributed by atoms with Gasteiger partial charge in [0.1, 0.15) is 5.52 Å². The number of aromatic nitrogens is 3. The van der Waals surface area contributed by atoms with E-state index in [0.717, 1.165) is 11.0 Å².